The van der Waals surface area contributed by atoms with Crippen LogP contribution in [-0.2, 0) is 17.9 Å². The number of rotatable bonds is 8. The minimum absolute atomic E-state index is 0.00162. The van der Waals surface area contributed by atoms with Crippen LogP contribution in [0, 0.1) is 11.6 Å². The van der Waals surface area contributed by atoms with Gasteiger partial charge in [-0.1, -0.05) is 53.8 Å². The lowest BCUT2D eigenvalue weighted by Crippen LogP contribution is -2.46. The standard InChI is InChI=1S/C21H21ClF2N4OS2/c1-2-27(20(30)31-10-15-3-5-16(22)6-4-15)11-21(29,12-28-14-25-13-26-28)18-8-7-17(23)9-19(18)24/h3-9,13-14,29H,2,10-12H2,1H3. The Balaban J connectivity index is 1.80. The molecule has 0 bridgehead atoms. The fourth-order valence-electron chi connectivity index (χ4n) is 3.11. The van der Waals surface area contributed by atoms with Gasteiger partial charge in [-0.3, -0.25) is 0 Å². The number of nitrogens with zero attached hydrogens (tertiary/aromatic N) is 4. The lowest BCUT2D eigenvalue weighted by atomic mass is 9.92. The van der Waals surface area contributed by atoms with Gasteiger partial charge in [0.15, 0.2) is 0 Å². The molecule has 2 aromatic carbocycles. The summed E-state index contributed by atoms with van der Waals surface area (Å²) in [5.74, 6) is -0.928. The highest BCUT2D eigenvalue weighted by Gasteiger charge is 2.36. The molecule has 1 atom stereocenters. The van der Waals surface area contributed by atoms with Crippen molar-refractivity contribution in [2.75, 3.05) is 13.1 Å². The van der Waals surface area contributed by atoms with E-state index in [0.29, 0.717) is 21.6 Å². The number of benzene rings is 2. The Labute approximate surface area is 194 Å². The molecule has 0 aliphatic carbocycles. The molecule has 0 aliphatic rings. The lowest BCUT2D eigenvalue weighted by Gasteiger charge is -2.35. The summed E-state index contributed by atoms with van der Waals surface area (Å²) >= 11 is 12.9. The van der Waals surface area contributed by atoms with Crippen LogP contribution in [0.15, 0.2) is 55.1 Å². The molecule has 3 rings (SSSR count). The van der Waals surface area contributed by atoms with Crippen LogP contribution in [0.3, 0.4) is 0 Å². The minimum atomic E-state index is -1.72. The maximum atomic E-state index is 14.6. The molecule has 1 heterocycles. The van der Waals surface area contributed by atoms with Crippen molar-refractivity contribution < 1.29 is 13.9 Å². The summed E-state index contributed by atoms with van der Waals surface area (Å²) in [6.45, 7) is 2.32. The molecule has 164 valence electrons. The van der Waals surface area contributed by atoms with Crippen LogP contribution in [0.5, 0.6) is 0 Å². The van der Waals surface area contributed by atoms with Crippen molar-refractivity contribution in [3.63, 3.8) is 0 Å². The van der Waals surface area contributed by atoms with Crippen LogP contribution in [0.1, 0.15) is 18.1 Å². The summed E-state index contributed by atoms with van der Waals surface area (Å²) in [4.78, 5) is 5.66. The molecule has 0 saturated carbocycles. The summed E-state index contributed by atoms with van der Waals surface area (Å²) in [6.07, 6.45) is 2.75. The molecular weight excluding hydrogens is 462 g/mol. The highest BCUT2D eigenvalue weighted by atomic mass is 35.5. The summed E-state index contributed by atoms with van der Waals surface area (Å²) in [5, 5.41) is 16.2. The van der Waals surface area contributed by atoms with Gasteiger partial charge < -0.3 is 10.0 Å². The first-order valence-corrected chi connectivity index (χ1v) is 11.2. The first-order chi connectivity index (χ1) is 14.8. The minimum Gasteiger partial charge on any atom is -0.381 e. The van der Waals surface area contributed by atoms with Crippen molar-refractivity contribution in [1.82, 2.24) is 19.7 Å². The van der Waals surface area contributed by atoms with Gasteiger partial charge in [-0.25, -0.2) is 18.4 Å². The maximum Gasteiger partial charge on any atom is 0.137 e. The fraction of sp³-hybridized carbons (Fsp3) is 0.286. The lowest BCUT2D eigenvalue weighted by molar-refractivity contribution is -0.00542. The summed E-state index contributed by atoms with van der Waals surface area (Å²) in [6, 6.07) is 10.6. The predicted octanol–water partition coefficient (Wildman–Crippen LogP) is 4.64. The van der Waals surface area contributed by atoms with E-state index in [4.69, 9.17) is 23.8 Å². The van der Waals surface area contributed by atoms with Gasteiger partial charge in [0, 0.05) is 29.0 Å². The normalized spacial score (nSPS) is 13.1. The largest absolute Gasteiger partial charge is 0.381 e. The van der Waals surface area contributed by atoms with E-state index < -0.39 is 17.2 Å². The van der Waals surface area contributed by atoms with Gasteiger partial charge in [-0.2, -0.15) is 5.10 Å². The summed E-state index contributed by atoms with van der Waals surface area (Å²) in [5.41, 5.74) is -0.699. The number of likely N-dealkylation sites (N-methyl/N-ethyl adjacent to an activating group) is 1. The van der Waals surface area contributed by atoms with Crippen LogP contribution >= 0.6 is 35.6 Å². The third-order valence-electron chi connectivity index (χ3n) is 4.69. The van der Waals surface area contributed by atoms with Crippen molar-refractivity contribution >= 4 is 39.9 Å². The molecule has 1 N–H and O–H groups in total. The molecule has 1 aromatic heterocycles. The van der Waals surface area contributed by atoms with Crippen LogP contribution in [0.4, 0.5) is 8.78 Å². The Morgan fingerprint density at radius 1 is 1.26 bits per heavy atom. The Hall–Kier alpha value is -2.07. The molecule has 31 heavy (non-hydrogen) atoms. The molecule has 0 saturated heterocycles. The average molecular weight is 483 g/mol. The Morgan fingerprint density at radius 3 is 2.61 bits per heavy atom. The number of hydrogen-bond donors (Lipinski definition) is 1. The summed E-state index contributed by atoms with van der Waals surface area (Å²) in [7, 11) is 0. The van der Waals surface area contributed by atoms with Crippen LogP contribution in [0.2, 0.25) is 5.02 Å². The van der Waals surface area contributed by atoms with E-state index in [1.165, 1.54) is 35.2 Å². The van der Waals surface area contributed by atoms with Crippen molar-refractivity contribution in [1.29, 1.82) is 0 Å². The van der Waals surface area contributed by atoms with Gasteiger partial charge in [0.1, 0.15) is 34.2 Å². The van der Waals surface area contributed by atoms with Crippen LogP contribution in [0.25, 0.3) is 0 Å². The van der Waals surface area contributed by atoms with E-state index in [9.17, 15) is 13.9 Å². The second-order valence-corrected chi connectivity index (χ2v) is 8.99. The van der Waals surface area contributed by atoms with E-state index in [1.807, 2.05) is 31.2 Å². The van der Waals surface area contributed by atoms with Crippen LogP contribution in [-0.4, -0.2) is 42.2 Å². The van der Waals surface area contributed by atoms with Crippen molar-refractivity contribution in [2.45, 2.75) is 24.8 Å². The van der Waals surface area contributed by atoms with Gasteiger partial charge >= 0.3 is 0 Å². The third-order valence-corrected chi connectivity index (χ3v) is 6.54. The monoisotopic (exact) mass is 482 g/mol. The van der Waals surface area contributed by atoms with E-state index in [1.54, 1.807) is 4.90 Å². The molecule has 0 aliphatic heterocycles. The Kier molecular flexibility index (Phi) is 7.99. The van der Waals surface area contributed by atoms with Crippen molar-refractivity contribution in [2.24, 2.45) is 0 Å². The zero-order valence-electron chi connectivity index (χ0n) is 16.7. The fourth-order valence-corrected chi connectivity index (χ4v) is 4.46. The molecule has 0 fully saturated rings. The zero-order chi connectivity index (χ0) is 22.4. The van der Waals surface area contributed by atoms with E-state index in [-0.39, 0.29) is 18.7 Å². The molecule has 0 amide bonds. The molecular formula is C21H21ClF2N4OS2. The SMILES string of the molecule is CCN(CC(O)(Cn1cncn1)c1ccc(F)cc1F)C(=S)SCc1ccc(Cl)cc1. The number of thioether (sulfide) groups is 1. The first kappa shape index (κ1) is 23.6. The second-order valence-electron chi connectivity index (χ2n) is 6.94. The quantitative estimate of drug-likeness (QED) is 0.472. The van der Waals surface area contributed by atoms with Gasteiger partial charge in [0.25, 0.3) is 0 Å². The molecule has 10 heteroatoms. The Bertz CT molecular complexity index is 1020. The second kappa shape index (κ2) is 10.5. The molecule has 0 spiro atoms. The summed E-state index contributed by atoms with van der Waals surface area (Å²) < 4.78 is 30.0. The smallest absolute Gasteiger partial charge is 0.137 e. The topological polar surface area (TPSA) is 54.2 Å². The molecule has 5 nitrogen and oxygen atoms in total. The average Bonchev–Trinajstić information content (AvgIpc) is 3.24. The molecule has 3 aromatic rings. The highest BCUT2D eigenvalue weighted by Crippen LogP contribution is 2.29. The predicted molar refractivity (Wildman–Crippen MR) is 123 cm³/mol. The van der Waals surface area contributed by atoms with Gasteiger partial charge in [0.2, 0.25) is 0 Å². The van der Waals surface area contributed by atoms with E-state index in [2.05, 4.69) is 10.1 Å². The third kappa shape index (κ3) is 6.22. The first-order valence-electron chi connectivity index (χ1n) is 9.47. The van der Waals surface area contributed by atoms with E-state index >= 15 is 0 Å². The van der Waals surface area contributed by atoms with E-state index in [0.717, 1.165) is 17.7 Å². The number of aliphatic hydroxyl groups is 1. The van der Waals surface area contributed by atoms with Crippen LogP contribution < -0.4 is 0 Å². The van der Waals surface area contributed by atoms with Gasteiger partial charge in [0.05, 0.1) is 13.1 Å². The van der Waals surface area contributed by atoms with Gasteiger partial charge in [-0.15, -0.1) is 0 Å². The number of thiocarbonyl (C=S) groups is 1. The van der Waals surface area contributed by atoms with Crippen molar-refractivity contribution in [3.8, 4) is 0 Å². The van der Waals surface area contributed by atoms with Crippen molar-refractivity contribution in [3.05, 3.63) is 82.9 Å². The zero-order valence-corrected chi connectivity index (χ0v) is 19.1. The molecule has 1 unspecified atom stereocenters. The molecule has 0 radical (unpaired) electrons. The number of hydrogen-bond acceptors (Lipinski definition) is 5. The maximum absolute atomic E-state index is 14.6. The highest BCUT2D eigenvalue weighted by molar-refractivity contribution is 8.22. The number of halogens is 3. The Morgan fingerprint density at radius 2 is 2.00 bits per heavy atom. The van der Waals surface area contributed by atoms with Gasteiger partial charge in [-0.05, 0) is 30.7 Å². The number of aromatic nitrogens is 3.